The Morgan fingerprint density at radius 2 is 1.96 bits per heavy atom. The predicted octanol–water partition coefficient (Wildman–Crippen LogP) is 3.35. The fraction of sp³-hybridized carbons (Fsp3) is 0.476. The topological polar surface area (TPSA) is 62.5 Å². The molecule has 148 valence electrons. The van der Waals surface area contributed by atoms with Crippen LogP contribution in [0, 0.1) is 12.8 Å². The maximum Gasteiger partial charge on any atom is 0.275 e. The summed E-state index contributed by atoms with van der Waals surface area (Å²) in [6, 6.07) is 10.4. The van der Waals surface area contributed by atoms with Crippen LogP contribution in [0.2, 0.25) is 0 Å². The van der Waals surface area contributed by atoms with Crippen LogP contribution < -0.4 is 10.9 Å². The SMILES string of the molecule is CCc1cc(=O)n2nc(NCC3CCN(Cc4ccc(C)cc4)CC3)sc2n1. The summed E-state index contributed by atoms with van der Waals surface area (Å²) in [4.78, 5) is 19.8. The summed E-state index contributed by atoms with van der Waals surface area (Å²) in [6.45, 7) is 8.31. The molecule has 2 aromatic heterocycles. The van der Waals surface area contributed by atoms with Crippen molar-refractivity contribution in [1.29, 1.82) is 0 Å². The van der Waals surface area contributed by atoms with Crippen LogP contribution in [0.1, 0.15) is 36.6 Å². The first-order valence-electron chi connectivity index (χ1n) is 10.0. The van der Waals surface area contributed by atoms with Crippen LogP contribution in [0.25, 0.3) is 4.96 Å². The van der Waals surface area contributed by atoms with Gasteiger partial charge in [-0.05, 0) is 50.8 Å². The number of rotatable bonds is 6. The fourth-order valence-corrected chi connectivity index (χ4v) is 4.47. The summed E-state index contributed by atoms with van der Waals surface area (Å²) >= 11 is 1.45. The molecule has 0 unspecified atom stereocenters. The van der Waals surface area contributed by atoms with Crippen molar-refractivity contribution in [3.8, 4) is 0 Å². The monoisotopic (exact) mass is 397 g/mol. The fourth-order valence-electron chi connectivity index (χ4n) is 3.64. The van der Waals surface area contributed by atoms with Gasteiger partial charge < -0.3 is 5.32 Å². The molecule has 0 saturated carbocycles. The predicted molar refractivity (Wildman–Crippen MR) is 114 cm³/mol. The van der Waals surface area contributed by atoms with E-state index in [1.807, 2.05) is 6.92 Å². The molecule has 7 heteroatoms. The van der Waals surface area contributed by atoms with Gasteiger partial charge in [-0.1, -0.05) is 48.1 Å². The molecule has 0 amide bonds. The third kappa shape index (κ3) is 4.42. The zero-order valence-corrected chi connectivity index (χ0v) is 17.3. The number of nitrogens with zero attached hydrogens (tertiary/aromatic N) is 4. The van der Waals surface area contributed by atoms with E-state index >= 15 is 0 Å². The molecule has 0 radical (unpaired) electrons. The largest absolute Gasteiger partial charge is 0.360 e. The Balaban J connectivity index is 1.29. The van der Waals surface area contributed by atoms with Gasteiger partial charge in [0.1, 0.15) is 0 Å². The van der Waals surface area contributed by atoms with Crippen molar-refractivity contribution in [3.05, 3.63) is 57.5 Å². The van der Waals surface area contributed by atoms with Gasteiger partial charge in [-0.25, -0.2) is 4.98 Å². The normalized spacial score (nSPS) is 15.9. The van der Waals surface area contributed by atoms with Gasteiger partial charge in [-0.15, -0.1) is 5.10 Å². The van der Waals surface area contributed by atoms with E-state index in [1.165, 1.54) is 39.8 Å². The summed E-state index contributed by atoms with van der Waals surface area (Å²) in [5.74, 6) is 0.636. The first kappa shape index (κ1) is 19.1. The maximum atomic E-state index is 12.1. The Bertz CT molecular complexity index is 986. The summed E-state index contributed by atoms with van der Waals surface area (Å²) in [6.07, 6.45) is 3.12. The molecule has 1 aromatic carbocycles. The Hall–Kier alpha value is -2.25. The number of likely N-dealkylation sites (tertiary alicyclic amines) is 1. The molecule has 1 saturated heterocycles. The molecule has 1 N–H and O–H groups in total. The van der Waals surface area contributed by atoms with Crippen molar-refractivity contribution < 1.29 is 0 Å². The van der Waals surface area contributed by atoms with E-state index in [4.69, 9.17) is 0 Å². The summed E-state index contributed by atoms with van der Waals surface area (Å²) in [5.41, 5.74) is 3.42. The molecule has 0 aliphatic carbocycles. The summed E-state index contributed by atoms with van der Waals surface area (Å²) in [7, 11) is 0. The zero-order valence-electron chi connectivity index (χ0n) is 16.5. The van der Waals surface area contributed by atoms with E-state index in [9.17, 15) is 4.79 Å². The number of fused-ring (bicyclic) bond motifs is 1. The highest BCUT2D eigenvalue weighted by atomic mass is 32.1. The van der Waals surface area contributed by atoms with Crippen LogP contribution in [0.4, 0.5) is 5.13 Å². The van der Waals surface area contributed by atoms with Gasteiger partial charge in [0, 0.05) is 24.8 Å². The number of anilines is 1. The summed E-state index contributed by atoms with van der Waals surface area (Å²) < 4.78 is 1.40. The molecule has 0 spiro atoms. The van der Waals surface area contributed by atoms with Gasteiger partial charge in [0.05, 0.1) is 0 Å². The van der Waals surface area contributed by atoms with Crippen molar-refractivity contribution in [2.45, 2.75) is 39.7 Å². The molecule has 1 fully saturated rings. The standard InChI is InChI=1S/C21H27N5OS/c1-3-18-12-19(27)26-21(23-18)28-20(24-26)22-13-16-8-10-25(11-9-16)14-17-6-4-15(2)5-7-17/h4-7,12,16H,3,8-11,13-14H2,1-2H3,(H,22,24). The number of piperidine rings is 1. The lowest BCUT2D eigenvalue weighted by Gasteiger charge is -2.32. The molecule has 28 heavy (non-hydrogen) atoms. The summed E-state index contributed by atoms with van der Waals surface area (Å²) in [5, 5.41) is 8.59. The minimum absolute atomic E-state index is 0.101. The van der Waals surface area contributed by atoms with E-state index in [0.29, 0.717) is 10.9 Å². The molecular formula is C21H27N5OS. The number of aromatic nitrogens is 3. The molecule has 1 aliphatic heterocycles. The van der Waals surface area contributed by atoms with Gasteiger partial charge in [-0.3, -0.25) is 9.69 Å². The number of benzene rings is 1. The Morgan fingerprint density at radius 1 is 1.21 bits per heavy atom. The van der Waals surface area contributed by atoms with E-state index in [1.54, 1.807) is 6.07 Å². The second-order valence-electron chi connectivity index (χ2n) is 7.63. The van der Waals surface area contributed by atoms with Crippen molar-refractivity contribution in [2.75, 3.05) is 25.0 Å². The quantitative estimate of drug-likeness (QED) is 0.691. The molecule has 4 rings (SSSR count). The molecule has 0 atom stereocenters. The zero-order chi connectivity index (χ0) is 19.5. The van der Waals surface area contributed by atoms with Gasteiger partial charge in [0.2, 0.25) is 10.1 Å². The highest BCUT2D eigenvalue weighted by Crippen LogP contribution is 2.22. The van der Waals surface area contributed by atoms with Crippen molar-refractivity contribution in [3.63, 3.8) is 0 Å². The number of hydrogen-bond acceptors (Lipinski definition) is 6. The lowest BCUT2D eigenvalue weighted by Crippen LogP contribution is -2.35. The van der Waals surface area contributed by atoms with Gasteiger partial charge in [0.25, 0.3) is 5.56 Å². The van der Waals surface area contributed by atoms with E-state index in [2.05, 4.69) is 51.5 Å². The average molecular weight is 398 g/mol. The highest BCUT2D eigenvalue weighted by molar-refractivity contribution is 7.20. The molecule has 3 aromatic rings. The second kappa shape index (κ2) is 8.41. The van der Waals surface area contributed by atoms with Gasteiger partial charge in [0.15, 0.2) is 0 Å². The third-order valence-corrected chi connectivity index (χ3v) is 6.30. The lowest BCUT2D eigenvalue weighted by molar-refractivity contribution is 0.182. The first-order chi connectivity index (χ1) is 13.6. The Kier molecular flexibility index (Phi) is 5.73. The first-order valence-corrected chi connectivity index (χ1v) is 10.8. The lowest BCUT2D eigenvalue weighted by atomic mass is 9.96. The Morgan fingerprint density at radius 3 is 2.68 bits per heavy atom. The van der Waals surface area contributed by atoms with Crippen LogP contribution in [0.15, 0.2) is 35.1 Å². The smallest absolute Gasteiger partial charge is 0.275 e. The third-order valence-electron chi connectivity index (χ3n) is 5.44. The molecular weight excluding hydrogens is 370 g/mol. The molecule has 3 heterocycles. The number of aryl methyl sites for hydroxylation is 2. The van der Waals surface area contributed by atoms with Crippen LogP contribution in [0.5, 0.6) is 0 Å². The highest BCUT2D eigenvalue weighted by Gasteiger charge is 2.19. The van der Waals surface area contributed by atoms with Crippen LogP contribution in [-0.2, 0) is 13.0 Å². The minimum atomic E-state index is -0.101. The van der Waals surface area contributed by atoms with Gasteiger partial charge >= 0.3 is 0 Å². The van der Waals surface area contributed by atoms with E-state index < -0.39 is 0 Å². The van der Waals surface area contributed by atoms with Crippen molar-refractivity contribution >= 4 is 21.4 Å². The van der Waals surface area contributed by atoms with Crippen molar-refractivity contribution in [1.82, 2.24) is 19.5 Å². The van der Waals surface area contributed by atoms with Crippen molar-refractivity contribution in [2.24, 2.45) is 5.92 Å². The van der Waals surface area contributed by atoms with E-state index in [-0.39, 0.29) is 5.56 Å². The number of hydrogen-bond donors (Lipinski definition) is 1. The number of nitrogens with one attached hydrogen (secondary N) is 1. The van der Waals surface area contributed by atoms with Crippen LogP contribution >= 0.6 is 11.3 Å². The maximum absolute atomic E-state index is 12.1. The Labute approximate surface area is 169 Å². The molecule has 1 aliphatic rings. The van der Waals surface area contributed by atoms with E-state index in [0.717, 1.165) is 43.4 Å². The van der Waals surface area contributed by atoms with Crippen LogP contribution in [-0.4, -0.2) is 39.1 Å². The van der Waals surface area contributed by atoms with Crippen LogP contribution in [0.3, 0.4) is 0 Å². The second-order valence-corrected chi connectivity index (χ2v) is 8.58. The minimum Gasteiger partial charge on any atom is -0.360 e. The molecule has 0 bridgehead atoms. The van der Waals surface area contributed by atoms with Gasteiger partial charge in [-0.2, -0.15) is 4.52 Å². The molecule has 6 nitrogen and oxygen atoms in total. The average Bonchev–Trinajstić information content (AvgIpc) is 3.13.